The molecule has 1 aromatic rings. The lowest BCUT2D eigenvalue weighted by molar-refractivity contribution is 0.00752. The van der Waals surface area contributed by atoms with E-state index >= 15 is 0 Å². The summed E-state index contributed by atoms with van der Waals surface area (Å²) in [5.74, 6) is 2.24. The second kappa shape index (κ2) is 14.8. The number of hydrogen-bond acceptors (Lipinski definition) is 5. The number of hydrogen-bond donors (Lipinski definition) is 2. The van der Waals surface area contributed by atoms with Gasteiger partial charge >= 0.3 is 0 Å². The number of guanidine groups is 1. The third kappa shape index (κ3) is 9.50. The van der Waals surface area contributed by atoms with E-state index in [2.05, 4.69) is 46.5 Å². The molecule has 7 nitrogen and oxygen atoms in total. The van der Waals surface area contributed by atoms with Gasteiger partial charge < -0.3 is 24.8 Å². The molecule has 1 atom stereocenters. The smallest absolute Gasteiger partial charge is 0.191 e. The molecule has 1 unspecified atom stereocenters. The van der Waals surface area contributed by atoms with Crippen molar-refractivity contribution in [1.82, 2.24) is 15.5 Å². The summed E-state index contributed by atoms with van der Waals surface area (Å²) < 4.78 is 16.1. The molecule has 1 heterocycles. The zero-order chi connectivity index (χ0) is 20.2. The molecule has 1 aromatic carbocycles. The number of nitrogens with one attached hydrogen (secondary N) is 2. The maximum Gasteiger partial charge on any atom is 0.191 e. The molecule has 2 N–H and O–H groups in total. The van der Waals surface area contributed by atoms with Crippen LogP contribution in [0.1, 0.15) is 19.4 Å². The Hall–Kier alpha value is -1.10. The summed E-state index contributed by atoms with van der Waals surface area (Å²) in [5, 5.41) is 6.87. The molecule has 0 amide bonds. The Kier molecular flexibility index (Phi) is 13.2. The number of ether oxygens (including phenoxy) is 3. The molecule has 8 heteroatoms. The van der Waals surface area contributed by atoms with Crippen molar-refractivity contribution in [2.45, 2.75) is 26.4 Å². The minimum absolute atomic E-state index is 0. The van der Waals surface area contributed by atoms with Crippen molar-refractivity contribution in [3.05, 3.63) is 29.8 Å². The van der Waals surface area contributed by atoms with E-state index in [1.54, 1.807) is 14.2 Å². The SMILES string of the molecule is CN=C(NCc1ccc(OCCOC)cc1)NCC(C(C)C)N1CCOCC1.I. The van der Waals surface area contributed by atoms with Crippen LogP contribution in [0.3, 0.4) is 0 Å². The van der Waals surface area contributed by atoms with Crippen molar-refractivity contribution < 1.29 is 14.2 Å². The van der Waals surface area contributed by atoms with Crippen LogP contribution >= 0.6 is 24.0 Å². The molecule has 1 saturated heterocycles. The van der Waals surface area contributed by atoms with E-state index in [1.165, 1.54) is 5.56 Å². The molecule has 166 valence electrons. The number of aliphatic imine (C=N–C) groups is 1. The second-order valence-corrected chi connectivity index (χ2v) is 7.25. The van der Waals surface area contributed by atoms with E-state index < -0.39 is 0 Å². The van der Waals surface area contributed by atoms with Gasteiger partial charge in [0.2, 0.25) is 0 Å². The van der Waals surface area contributed by atoms with Crippen molar-refractivity contribution in [2.75, 3.05) is 60.2 Å². The summed E-state index contributed by atoms with van der Waals surface area (Å²) in [6.07, 6.45) is 0. The molecule has 1 aliphatic rings. The second-order valence-electron chi connectivity index (χ2n) is 7.25. The van der Waals surface area contributed by atoms with Crippen molar-refractivity contribution in [1.29, 1.82) is 0 Å². The van der Waals surface area contributed by atoms with Gasteiger partial charge in [0.25, 0.3) is 0 Å². The van der Waals surface area contributed by atoms with Gasteiger partial charge in [-0.3, -0.25) is 9.89 Å². The van der Waals surface area contributed by atoms with Gasteiger partial charge in [-0.2, -0.15) is 0 Å². The van der Waals surface area contributed by atoms with Crippen LogP contribution < -0.4 is 15.4 Å². The van der Waals surface area contributed by atoms with E-state index in [1.807, 2.05) is 12.1 Å². The highest BCUT2D eigenvalue weighted by atomic mass is 127. The van der Waals surface area contributed by atoms with Crippen LogP contribution in [0.5, 0.6) is 5.75 Å². The number of rotatable bonds is 10. The van der Waals surface area contributed by atoms with Crippen molar-refractivity contribution in [2.24, 2.45) is 10.9 Å². The minimum Gasteiger partial charge on any atom is -0.491 e. The lowest BCUT2D eigenvalue weighted by Gasteiger charge is -2.37. The van der Waals surface area contributed by atoms with Crippen LogP contribution in [0.2, 0.25) is 0 Å². The van der Waals surface area contributed by atoms with Gasteiger partial charge in [-0.1, -0.05) is 26.0 Å². The van der Waals surface area contributed by atoms with E-state index in [0.717, 1.165) is 44.6 Å². The first-order valence-electron chi connectivity index (χ1n) is 10.1. The molecule has 0 saturated carbocycles. The maximum atomic E-state index is 5.60. The summed E-state index contributed by atoms with van der Waals surface area (Å²) in [4.78, 5) is 6.87. The van der Waals surface area contributed by atoms with Crippen LogP contribution in [0.25, 0.3) is 0 Å². The first-order valence-corrected chi connectivity index (χ1v) is 10.1. The summed E-state index contributed by atoms with van der Waals surface area (Å²) >= 11 is 0. The molecule has 0 aromatic heterocycles. The number of morpholine rings is 1. The zero-order valence-corrected chi connectivity index (χ0v) is 20.5. The van der Waals surface area contributed by atoms with Gasteiger partial charge in [0, 0.05) is 46.4 Å². The van der Waals surface area contributed by atoms with E-state index in [4.69, 9.17) is 14.2 Å². The quantitative estimate of drug-likeness (QED) is 0.214. The fourth-order valence-electron chi connectivity index (χ4n) is 3.25. The average Bonchev–Trinajstić information content (AvgIpc) is 2.72. The average molecular weight is 520 g/mol. The zero-order valence-electron chi connectivity index (χ0n) is 18.1. The monoisotopic (exact) mass is 520 g/mol. The predicted molar refractivity (Wildman–Crippen MR) is 128 cm³/mol. The highest BCUT2D eigenvalue weighted by molar-refractivity contribution is 14.0. The van der Waals surface area contributed by atoms with Gasteiger partial charge in [-0.15, -0.1) is 24.0 Å². The highest BCUT2D eigenvalue weighted by Crippen LogP contribution is 2.13. The standard InChI is InChI=1S/C21H36N4O3.HI/c1-17(2)20(25-9-11-27-12-10-25)16-24-21(22-3)23-15-18-5-7-19(8-6-18)28-14-13-26-4;/h5-8,17,20H,9-16H2,1-4H3,(H2,22,23,24);1H. The van der Waals surface area contributed by atoms with Crippen molar-refractivity contribution in [3.8, 4) is 5.75 Å². The third-order valence-corrected chi connectivity index (χ3v) is 4.93. The molecule has 29 heavy (non-hydrogen) atoms. The molecular weight excluding hydrogens is 483 g/mol. The first-order chi connectivity index (χ1) is 13.6. The maximum absolute atomic E-state index is 5.60. The molecule has 0 aliphatic carbocycles. The summed E-state index contributed by atoms with van der Waals surface area (Å²) in [6, 6.07) is 8.55. The Morgan fingerprint density at radius 2 is 1.83 bits per heavy atom. The lowest BCUT2D eigenvalue weighted by atomic mass is 10.0. The van der Waals surface area contributed by atoms with Crippen LogP contribution in [0, 0.1) is 5.92 Å². The predicted octanol–water partition coefficient (Wildman–Crippen LogP) is 2.35. The van der Waals surface area contributed by atoms with Crippen LogP contribution in [-0.2, 0) is 16.0 Å². The number of methoxy groups -OCH3 is 1. The summed E-state index contributed by atoms with van der Waals surface area (Å²) in [7, 11) is 3.48. The topological polar surface area (TPSA) is 67.4 Å². The Morgan fingerprint density at radius 3 is 2.41 bits per heavy atom. The molecule has 1 fully saturated rings. The van der Waals surface area contributed by atoms with Crippen molar-refractivity contribution in [3.63, 3.8) is 0 Å². The molecule has 1 aliphatic heterocycles. The van der Waals surface area contributed by atoms with Crippen molar-refractivity contribution >= 4 is 29.9 Å². The minimum atomic E-state index is 0. The van der Waals surface area contributed by atoms with Gasteiger partial charge in [0.15, 0.2) is 5.96 Å². The largest absolute Gasteiger partial charge is 0.491 e. The normalized spacial score (nSPS) is 16.2. The molecule has 0 bridgehead atoms. The van der Waals surface area contributed by atoms with Gasteiger partial charge in [0.05, 0.1) is 19.8 Å². The number of halogens is 1. The Labute approximate surface area is 192 Å². The van der Waals surface area contributed by atoms with Gasteiger partial charge in [-0.25, -0.2) is 0 Å². The summed E-state index contributed by atoms with van der Waals surface area (Å²) in [5.41, 5.74) is 1.18. The Morgan fingerprint density at radius 1 is 1.14 bits per heavy atom. The molecule has 0 spiro atoms. The molecule has 0 radical (unpaired) electrons. The highest BCUT2D eigenvalue weighted by Gasteiger charge is 2.23. The lowest BCUT2D eigenvalue weighted by Crippen LogP contribution is -2.52. The molecule has 2 rings (SSSR count). The molecular formula is C21H37IN4O3. The van der Waals surface area contributed by atoms with E-state index in [9.17, 15) is 0 Å². The fraction of sp³-hybridized carbons (Fsp3) is 0.667. The van der Waals surface area contributed by atoms with Crippen LogP contribution in [0.15, 0.2) is 29.3 Å². The number of benzene rings is 1. The number of nitrogens with zero attached hydrogens (tertiary/aromatic N) is 2. The summed E-state index contributed by atoms with van der Waals surface area (Å²) in [6.45, 7) is 10.9. The first kappa shape index (κ1) is 25.9. The van der Waals surface area contributed by atoms with Gasteiger partial charge in [0.1, 0.15) is 12.4 Å². The van der Waals surface area contributed by atoms with Gasteiger partial charge in [-0.05, 0) is 23.6 Å². The van der Waals surface area contributed by atoms with Crippen LogP contribution in [-0.4, -0.2) is 77.1 Å². The van der Waals surface area contributed by atoms with E-state index in [-0.39, 0.29) is 24.0 Å². The fourth-order valence-corrected chi connectivity index (χ4v) is 3.25. The van der Waals surface area contributed by atoms with E-state index in [0.29, 0.717) is 31.7 Å². The third-order valence-electron chi connectivity index (χ3n) is 4.93. The Bertz CT molecular complexity index is 578. The Balaban J connectivity index is 0.00000420. The van der Waals surface area contributed by atoms with Crippen LogP contribution in [0.4, 0.5) is 0 Å².